The second kappa shape index (κ2) is 9.45. The van der Waals surface area contributed by atoms with Crippen LogP contribution in [0.5, 0.6) is 0 Å². The highest BCUT2D eigenvalue weighted by Gasteiger charge is 2.55. The minimum Gasteiger partial charge on any atom is -0.396 e. The van der Waals surface area contributed by atoms with Gasteiger partial charge >= 0.3 is 0 Å². The van der Waals surface area contributed by atoms with Crippen LogP contribution in [0.1, 0.15) is 98.8 Å². The molecule has 2 N–H and O–H groups in total. The van der Waals surface area contributed by atoms with Crippen molar-refractivity contribution in [3.8, 4) is 0 Å². The second-order valence-electron chi connectivity index (χ2n) is 11.7. The van der Waals surface area contributed by atoms with Crippen molar-refractivity contribution in [2.45, 2.75) is 105 Å². The largest absolute Gasteiger partial charge is 0.396 e. The van der Waals surface area contributed by atoms with Crippen LogP contribution < -0.4 is 0 Å². The van der Waals surface area contributed by atoms with Gasteiger partial charge in [-0.2, -0.15) is 0 Å². The molecule has 0 aromatic rings. The normalized spacial score (nSPS) is 40.4. The molecule has 0 radical (unpaired) electrons. The van der Waals surface area contributed by atoms with Gasteiger partial charge in [-0.05, 0) is 81.0 Å². The quantitative estimate of drug-likeness (QED) is 0.480. The van der Waals surface area contributed by atoms with Crippen LogP contribution in [0.25, 0.3) is 0 Å². The van der Waals surface area contributed by atoms with E-state index >= 15 is 0 Å². The summed E-state index contributed by atoms with van der Waals surface area (Å²) in [7, 11) is 0. The van der Waals surface area contributed by atoms with Crippen molar-refractivity contribution < 1.29 is 15.0 Å². The number of carbonyl (C=O) groups excluding carboxylic acids is 1. The molecule has 172 valence electrons. The average molecular weight is 419 g/mol. The smallest absolute Gasteiger partial charge is 0.146 e. The Hall–Kier alpha value is -0.670. The van der Waals surface area contributed by atoms with Crippen molar-refractivity contribution in [3.05, 3.63) is 11.6 Å². The lowest BCUT2D eigenvalue weighted by Gasteiger charge is -2.48. The van der Waals surface area contributed by atoms with Crippen LogP contribution in [-0.2, 0) is 4.79 Å². The molecule has 0 amide bonds. The van der Waals surface area contributed by atoms with Gasteiger partial charge in [-0.3, -0.25) is 4.79 Å². The minimum absolute atomic E-state index is 0.0439. The Morgan fingerprint density at radius 2 is 1.87 bits per heavy atom. The van der Waals surface area contributed by atoms with Gasteiger partial charge in [-0.1, -0.05) is 58.6 Å². The summed E-state index contributed by atoms with van der Waals surface area (Å²) in [4.78, 5) is 13.8. The van der Waals surface area contributed by atoms with Gasteiger partial charge in [-0.15, -0.1) is 0 Å². The zero-order chi connectivity index (χ0) is 22.1. The molecule has 3 aliphatic carbocycles. The summed E-state index contributed by atoms with van der Waals surface area (Å²) in [6.45, 7) is 11.7. The lowest BCUT2D eigenvalue weighted by molar-refractivity contribution is -0.136. The molecule has 2 unspecified atom stereocenters. The van der Waals surface area contributed by atoms with Crippen LogP contribution in [0.4, 0.5) is 0 Å². The molecule has 0 aromatic heterocycles. The number of hydrogen-bond donors (Lipinski definition) is 2. The maximum Gasteiger partial charge on any atom is 0.146 e. The molecule has 7 atom stereocenters. The van der Waals surface area contributed by atoms with Crippen LogP contribution in [0.3, 0.4) is 0 Å². The molecule has 2 saturated carbocycles. The van der Waals surface area contributed by atoms with E-state index in [9.17, 15) is 15.0 Å². The van der Waals surface area contributed by atoms with Crippen LogP contribution in [-0.4, -0.2) is 28.7 Å². The highest BCUT2D eigenvalue weighted by Crippen LogP contribution is 2.59. The fourth-order valence-electron chi connectivity index (χ4n) is 7.47. The Balaban J connectivity index is 1.79. The molecular weight excluding hydrogens is 372 g/mol. The predicted molar refractivity (Wildman–Crippen MR) is 123 cm³/mol. The first-order valence-corrected chi connectivity index (χ1v) is 12.7. The number of rotatable bonds is 8. The molecule has 30 heavy (non-hydrogen) atoms. The maximum absolute atomic E-state index is 13.8. The van der Waals surface area contributed by atoms with Crippen LogP contribution in [0.2, 0.25) is 0 Å². The molecule has 3 rings (SSSR count). The zero-order valence-electron chi connectivity index (χ0n) is 20.1. The summed E-state index contributed by atoms with van der Waals surface area (Å²) in [5.74, 6) is 2.88. The highest BCUT2D eigenvalue weighted by atomic mass is 16.3. The molecule has 2 fully saturated rings. The van der Waals surface area contributed by atoms with Gasteiger partial charge in [0.2, 0.25) is 0 Å². The second-order valence-corrected chi connectivity index (χ2v) is 11.7. The zero-order valence-corrected chi connectivity index (χ0v) is 20.1. The van der Waals surface area contributed by atoms with Crippen LogP contribution >= 0.6 is 0 Å². The number of hydrogen-bond acceptors (Lipinski definition) is 3. The van der Waals surface area contributed by atoms with Gasteiger partial charge < -0.3 is 10.2 Å². The Bertz CT molecular complexity index is 638. The molecule has 0 spiro atoms. The summed E-state index contributed by atoms with van der Waals surface area (Å²) in [5.41, 5.74) is 0.855. The average Bonchev–Trinajstić information content (AvgIpc) is 3.00. The van der Waals surface area contributed by atoms with Crippen molar-refractivity contribution in [1.82, 2.24) is 0 Å². The highest BCUT2D eigenvalue weighted by molar-refractivity contribution is 5.91. The van der Waals surface area contributed by atoms with Crippen molar-refractivity contribution in [3.63, 3.8) is 0 Å². The van der Waals surface area contributed by atoms with E-state index in [1.807, 2.05) is 0 Å². The fraction of sp³-hybridized carbons (Fsp3) is 0.889. The van der Waals surface area contributed by atoms with E-state index in [4.69, 9.17) is 0 Å². The first-order valence-electron chi connectivity index (χ1n) is 12.7. The van der Waals surface area contributed by atoms with Gasteiger partial charge in [0.25, 0.3) is 0 Å². The summed E-state index contributed by atoms with van der Waals surface area (Å²) in [6, 6.07) is 0. The minimum atomic E-state index is -0.372. The molecule has 0 heterocycles. The molecule has 0 aromatic carbocycles. The van der Waals surface area contributed by atoms with Gasteiger partial charge in [0, 0.05) is 17.9 Å². The van der Waals surface area contributed by atoms with Crippen LogP contribution in [0, 0.1) is 40.4 Å². The fourth-order valence-corrected chi connectivity index (χ4v) is 7.47. The van der Waals surface area contributed by atoms with Crippen LogP contribution in [0.15, 0.2) is 11.6 Å². The van der Waals surface area contributed by atoms with Gasteiger partial charge in [0.05, 0.1) is 6.10 Å². The number of carbonyl (C=O) groups is 1. The SMILES string of the molecule is CC(C)CCC[C@@H](C)C1CCC([C@@H]2CC=C3C[C@@H](O)CC[C@]3(C)C2=O)[C@]1(C)CCO. The van der Waals surface area contributed by atoms with E-state index in [1.165, 1.54) is 31.3 Å². The van der Waals surface area contributed by atoms with E-state index in [0.717, 1.165) is 38.0 Å². The molecular formula is C27H46O3. The van der Waals surface area contributed by atoms with Gasteiger partial charge in [-0.25, -0.2) is 0 Å². The predicted octanol–water partition coefficient (Wildman–Crippen LogP) is 5.93. The van der Waals surface area contributed by atoms with E-state index in [2.05, 4.69) is 40.7 Å². The lowest BCUT2D eigenvalue weighted by Crippen LogP contribution is -2.47. The van der Waals surface area contributed by atoms with Crippen molar-refractivity contribution >= 4 is 5.78 Å². The third kappa shape index (κ3) is 4.44. The maximum atomic E-state index is 13.8. The molecule has 0 aliphatic heterocycles. The Kier molecular flexibility index (Phi) is 7.55. The van der Waals surface area contributed by atoms with E-state index in [1.54, 1.807) is 0 Å². The van der Waals surface area contributed by atoms with E-state index in [0.29, 0.717) is 30.0 Å². The van der Waals surface area contributed by atoms with Gasteiger partial charge in [0.15, 0.2) is 0 Å². The number of fused-ring (bicyclic) bond motifs is 1. The monoisotopic (exact) mass is 418 g/mol. The summed E-state index contributed by atoms with van der Waals surface area (Å²) in [6.07, 6.45) is 12.0. The van der Waals surface area contributed by atoms with Gasteiger partial charge in [0.1, 0.15) is 5.78 Å². The summed E-state index contributed by atoms with van der Waals surface area (Å²) >= 11 is 0. The third-order valence-corrected chi connectivity index (χ3v) is 9.39. The standard InChI is InChI=1S/C27H46O3/c1-18(2)7-6-8-19(3)23-11-12-24(27(23,5)15-16-28)22-10-9-20-17-21(29)13-14-26(20,4)25(22)30/h9,18-19,21-24,28-29H,6-8,10-17H2,1-5H3/t19-,21+,22+,23?,24?,26+,27-/m1/s1. The molecule has 3 aliphatic rings. The van der Waals surface area contributed by atoms with E-state index < -0.39 is 0 Å². The Labute approximate surface area is 184 Å². The lowest BCUT2D eigenvalue weighted by atomic mass is 9.56. The van der Waals surface area contributed by atoms with E-state index in [-0.39, 0.29) is 29.5 Å². The topological polar surface area (TPSA) is 57.5 Å². The first-order chi connectivity index (χ1) is 14.1. The molecule has 3 heteroatoms. The number of aliphatic hydroxyl groups is 2. The number of Topliss-reactive ketones (excluding diaryl/α,β-unsaturated/α-hetero) is 1. The first kappa shape index (κ1) is 24.0. The third-order valence-electron chi connectivity index (χ3n) is 9.39. The Morgan fingerprint density at radius 1 is 1.13 bits per heavy atom. The van der Waals surface area contributed by atoms with Crippen molar-refractivity contribution in [2.24, 2.45) is 40.4 Å². The Morgan fingerprint density at radius 3 is 2.53 bits per heavy atom. The number of aliphatic hydroxyl groups excluding tert-OH is 2. The summed E-state index contributed by atoms with van der Waals surface area (Å²) in [5, 5.41) is 20.1. The molecule has 3 nitrogen and oxygen atoms in total. The molecule has 0 bridgehead atoms. The molecule has 0 saturated heterocycles. The van der Waals surface area contributed by atoms with Crippen molar-refractivity contribution in [2.75, 3.05) is 6.61 Å². The van der Waals surface area contributed by atoms with Crippen molar-refractivity contribution in [1.29, 1.82) is 0 Å². The summed E-state index contributed by atoms with van der Waals surface area (Å²) < 4.78 is 0. The number of ketones is 1. The number of allylic oxidation sites excluding steroid dienone is 1.